The van der Waals surface area contributed by atoms with Crippen molar-refractivity contribution in [1.82, 2.24) is 20.6 Å². The Morgan fingerprint density at radius 2 is 2.00 bits per heavy atom. The zero-order chi connectivity index (χ0) is 23.2. The number of anilines is 1. The van der Waals surface area contributed by atoms with Gasteiger partial charge in [0.05, 0.1) is 11.1 Å². The minimum absolute atomic E-state index is 0.0100. The smallest absolute Gasteiger partial charge is 0.248 e. The van der Waals surface area contributed by atoms with Gasteiger partial charge in [-0.15, -0.1) is 5.10 Å². The first-order chi connectivity index (χ1) is 16.0. The van der Waals surface area contributed by atoms with Crippen molar-refractivity contribution < 1.29 is 13.6 Å². The molecular formula is C24H22FN5O3. The van der Waals surface area contributed by atoms with Gasteiger partial charge in [-0.3, -0.25) is 9.59 Å². The number of tetrazole rings is 1. The third-order valence-electron chi connectivity index (χ3n) is 5.11. The number of benzene rings is 2. The molecule has 2 aromatic carbocycles. The molecule has 0 saturated carbocycles. The van der Waals surface area contributed by atoms with Crippen molar-refractivity contribution >= 4 is 28.6 Å². The predicted octanol–water partition coefficient (Wildman–Crippen LogP) is 4.50. The highest BCUT2D eigenvalue weighted by atomic mass is 19.1. The summed E-state index contributed by atoms with van der Waals surface area (Å²) in [4.78, 5) is 25.0. The minimum Gasteiger partial charge on any atom is -0.450 e. The summed E-state index contributed by atoms with van der Waals surface area (Å²) in [6, 6.07) is 11.3. The van der Waals surface area contributed by atoms with Crippen LogP contribution in [0.3, 0.4) is 0 Å². The second-order valence-corrected chi connectivity index (χ2v) is 7.58. The number of H-pyrrole nitrogens is 1. The molecule has 0 unspecified atom stereocenters. The van der Waals surface area contributed by atoms with Gasteiger partial charge in [0.1, 0.15) is 5.82 Å². The first-order valence-electron chi connectivity index (χ1n) is 10.6. The average Bonchev–Trinajstić information content (AvgIpc) is 3.34. The summed E-state index contributed by atoms with van der Waals surface area (Å²) in [7, 11) is 0. The van der Waals surface area contributed by atoms with Crippen LogP contribution in [-0.2, 0) is 11.2 Å². The van der Waals surface area contributed by atoms with Gasteiger partial charge in [-0.2, -0.15) is 0 Å². The number of aryl methyl sites for hydroxylation is 1. The summed E-state index contributed by atoms with van der Waals surface area (Å²) < 4.78 is 19.8. The molecule has 0 bridgehead atoms. The highest BCUT2D eigenvalue weighted by Gasteiger charge is 2.15. The number of fused-ring (bicyclic) bond motifs is 1. The topological polar surface area (TPSA) is 114 Å². The Bertz CT molecular complexity index is 1350. The molecule has 33 heavy (non-hydrogen) atoms. The molecule has 4 rings (SSSR count). The summed E-state index contributed by atoms with van der Waals surface area (Å²) in [6.07, 6.45) is 7.56. The van der Waals surface area contributed by atoms with E-state index >= 15 is 0 Å². The number of rotatable bonds is 8. The van der Waals surface area contributed by atoms with E-state index in [1.54, 1.807) is 6.08 Å². The molecule has 2 aromatic heterocycles. The maximum atomic E-state index is 14.1. The number of hydrogen-bond donors (Lipinski definition) is 2. The monoisotopic (exact) mass is 447 g/mol. The van der Waals surface area contributed by atoms with Gasteiger partial charge in [-0.05, 0) is 46.5 Å². The van der Waals surface area contributed by atoms with Gasteiger partial charge < -0.3 is 9.73 Å². The van der Waals surface area contributed by atoms with E-state index in [9.17, 15) is 14.0 Å². The third kappa shape index (κ3) is 5.38. The molecular weight excluding hydrogens is 425 g/mol. The Hall–Kier alpha value is -4.14. The second kappa shape index (κ2) is 9.99. The molecule has 0 aliphatic rings. The predicted molar refractivity (Wildman–Crippen MR) is 123 cm³/mol. The Kier molecular flexibility index (Phi) is 6.68. The summed E-state index contributed by atoms with van der Waals surface area (Å²) in [6.45, 7) is 2.17. The van der Waals surface area contributed by atoms with Crippen molar-refractivity contribution in [2.24, 2.45) is 0 Å². The van der Waals surface area contributed by atoms with E-state index in [-0.39, 0.29) is 28.2 Å². The quantitative estimate of drug-likeness (QED) is 0.304. The molecule has 4 aromatic rings. The van der Waals surface area contributed by atoms with Crippen LogP contribution in [-0.4, -0.2) is 26.5 Å². The Morgan fingerprint density at radius 1 is 1.18 bits per heavy atom. The molecule has 8 nitrogen and oxygen atoms in total. The van der Waals surface area contributed by atoms with Crippen LogP contribution in [0.2, 0.25) is 0 Å². The molecule has 2 N–H and O–H groups in total. The second-order valence-electron chi connectivity index (χ2n) is 7.58. The van der Waals surface area contributed by atoms with E-state index < -0.39 is 17.2 Å². The standard InChI is InChI=1S/C24H22FN5O3/c1-2-3-4-5-15-6-8-16(9-7-15)10-11-22(32)26-19-13-17(25)12-18-20(31)14-21(33-23(18)19)24-27-29-30-28-24/h6-14H,2-5H2,1H3,(H,26,32)(H,27,28,29,30)/b11-10+. The largest absolute Gasteiger partial charge is 0.450 e. The van der Waals surface area contributed by atoms with Crippen molar-refractivity contribution in [1.29, 1.82) is 0 Å². The maximum Gasteiger partial charge on any atom is 0.248 e. The van der Waals surface area contributed by atoms with Crippen molar-refractivity contribution in [3.05, 3.63) is 75.7 Å². The molecule has 0 atom stereocenters. The zero-order valence-corrected chi connectivity index (χ0v) is 18.0. The van der Waals surface area contributed by atoms with E-state index in [0.29, 0.717) is 0 Å². The number of carbonyl (C=O) groups is 1. The molecule has 1 amide bonds. The van der Waals surface area contributed by atoms with E-state index in [1.807, 2.05) is 24.3 Å². The van der Waals surface area contributed by atoms with Gasteiger partial charge in [0.2, 0.25) is 11.7 Å². The Labute approximate surface area is 188 Å². The van der Waals surface area contributed by atoms with Crippen molar-refractivity contribution in [2.75, 3.05) is 5.32 Å². The van der Waals surface area contributed by atoms with Gasteiger partial charge >= 0.3 is 0 Å². The van der Waals surface area contributed by atoms with Gasteiger partial charge in [-0.1, -0.05) is 44.0 Å². The van der Waals surface area contributed by atoms with E-state index in [2.05, 4.69) is 32.9 Å². The fourth-order valence-electron chi connectivity index (χ4n) is 3.42. The Morgan fingerprint density at radius 3 is 2.73 bits per heavy atom. The maximum absolute atomic E-state index is 14.1. The fourth-order valence-corrected chi connectivity index (χ4v) is 3.42. The van der Waals surface area contributed by atoms with Crippen LogP contribution in [0.1, 0.15) is 37.3 Å². The number of nitrogens with zero attached hydrogens (tertiary/aromatic N) is 3. The van der Waals surface area contributed by atoms with Gasteiger partial charge in [0, 0.05) is 18.2 Å². The number of amides is 1. The van der Waals surface area contributed by atoms with Crippen molar-refractivity contribution in [2.45, 2.75) is 32.6 Å². The number of aromatic nitrogens is 4. The summed E-state index contributed by atoms with van der Waals surface area (Å²) in [5.41, 5.74) is 1.67. The SMILES string of the molecule is CCCCCc1ccc(/C=C/C(=O)Nc2cc(F)cc3c(=O)cc(-c4nnn[nH]4)oc23)cc1. The van der Waals surface area contributed by atoms with Crippen LogP contribution < -0.4 is 10.7 Å². The van der Waals surface area contributed by atoms with Crippen LogP contribution in [0, 0.1) is 5.82 Å². The minimum atomic E-state index is -0.679. The zero-order valence-electron chi connectivity index (χ0n) is 18.0. The number of carbonyl (C=O) groups excluding carboxylic acids is 1. The van der Waals surface area contributed by atoms with Crippen molar-refractivity contribution in [3.63, 3.8) is 0 Å². The van der Waals surface area contributed by atoms with Gasteiger partial charge in [0.25, 0.3) is 0 Å². The molecule has 0 saturated heterocycles. The van der Waals surface area contributed by atoms with Crippen LogP contribution in [0.4, 0.5) is 10.1 Å². The highest BCUT2D eigenvalue weighted by molar-refractivity contribution is 6.06. The summed E-state index contributed by atoms with van der Waals surface area (Å²) in [5, 5.41) is 15.7. The molecule has 0 fully saturated rings. The van der Waals surface area contributed by atoms with Crippen molar-refractivity contribution in [3.8, 4) is 11.6 Å². The molecule has 0 spiro atoms. The van der Waals surface area contributed by atoms with Gasteiger partial charge in [-0.25, -0.2) is 9.49 Å². The Balaban J connectivity index is 1.54. The lowest BCUT2D eigenvalue weighted by molar-refractivity contribution is -0.111. The van der Waals surface area contributed by atoms with Crippen LogP contribution in [0.15, 0.2) is 57.8 Å². The highest BCUT2D eigenvalue weighted by Crippen LogP contribution is 2.26. The molecule has 0 radical (unpaired) electrons. The van der Waals surface area contributed by atoms with E-state index in [4.69, 9.17) is 4.42 Å². The molecule has 2 heterocycles. The fraction of sp³-hybridized carbons (Fsp3) is 0.208. The lowest BCUT2D eigenvalue weighted by Gasteiger charge is -2.07. The van der Waals surface area contributed by atoms with Gasteiger partial charge in [0.15, 0.2) is 16.8 Å². The molecule has 0 aliphatic heterocycles. The number of aromatic amines is 1. The lowest BCUT2D eigenvalue weighted by atomic mass is 10.1. The third-order valence-corrected chi connectivity index (χ3v) is 5.11. The summed E-state index contributed by atoms with van der Waals surface area (Å²) in [5.74, 6) is -0.979. The number of halogens is 1. The van der Waals surface area contributed by atoms with Crippen LogP contribution >= 0.6 is 0 Å². The first-order valence-corrected chi connectivity index (χ1v) is 10.6. The first kappa shape index (κ1) is 22.1. The van der Waals surface area contributed by atoms with E-state index in [1.165, 1.54) is 24.5 Å². The summed E-state index contributed by atoms with van der Waals surface area (Å²) >= 11 is 0. The van der Waals surface area contributed by atoms with Crippen LogP contribution in [0.25, 0.3) is 28.6 Å². The van der Waals surface area contributed by atoms with E-state index in [0.717, 1.165) is 36.6 Å². The molecule has 9 heteroatoms. The number of hydrogen-bond acceptors (Lipinski definition) is 6. The number of nitrogens with one attached hydrogen (secondary N) is 2. The normalized spacial score (nSPS) is 11.3. The number of unbranched alkanes of at least 4 members (excludes halogenated alkanes) is 2. The lowest BCUT2D eigenvalue weighted by Crippen LogP contribution is -2.10. The molecule has 168 valence electrons. The van der Waals surface area contributed by atoms with Crippen LogP contribution in [0.5, 0.6) is 0 Å². The molecule has 0 aliphatic carbocycles. The average molecular weight is 447 g/mol.